The van der Waals surface area contributed by atoms with Gasteiger partial charge in [0.2, 0.25) is 11.8 Å². The van der Waals surface area contributed by atoms with Crippen LogP contribution in [0.15, 0.2) is 54.6 Å². The van der Waals surface area contributed by atoms with E-state index < -0.39 is 6.04 Å². The van der Waals surface area contributed by atoms with E-state index in [2.05, 4.69) is 27.5 Å². The summed E-state index contributed by atoms with van der Waals surface area (Å²) in [5.74, 6) is 0.928. The lowest BCUT2D eigenvalue weighted by molar-refractivity contribution is -0.120. The fraction of sp³-hybridized carbons (Fsp3) is 0.469. The highest BCUT2D eigenvalue weighted by Gasteiger charge is 2.22. The molecule has 0 aliphatic heterocycles. The van der Waals surface area contributed by atoms with E-state index in [1.807, 2.05) is 54.3 Å². The molecule has 0 saturated carbocycles. The predicted molar refractivity (Wildman–Crippen MR) is 172 cm³/mol. The zero-order chi connectivity index (χ0) is 29.7. The highest BCUT2D eigenvalue weighted by atomic mass is 35.5. The van der Waals surface area contributed by atoms with Crippen LogP contribution in [0.5, 0.6) is 5.88 Å². The molecule has 0 spiro atoms. The van der Waals surface area contributed by atoms with E-state index in [0.717, 1.165) is 24.1 Å². The van der Waals surface area contributed by atoms with Gasteiger partial charge in [0.1, 0.15) is 11.8 Å². The molecular weight excluding hydrogens is 571 g/mol. The molecule has 8 nitrogen and oxygen atoms in total. The third kappa shape index (κ3) is 8.72. The largest absolute Gasteiger partial charge is 0.461 e. The second-order valence-corrected chi connectivity index (χ2v) is 11.5. The summed E-state index contributed by atoms with van der Waals surface area (Å²) in [6.07, 6.45) is 12.6. The Morgan fingerprint density at radius 3 is 2.24 bits per heavy atom. The minimum atomic E-state index is -0.461. The van der Waals surface area contributed by atoms with E-state index in [1.54, 1.807) is 16.6 Å². The molecule has 226 valence electrons. The lowest BCUT2D eigenvalue weighted by Crippen LogP contribution is -2.46. The van der Waals surface area contributed by atoms with Gasteiger partial charge in [-0.3, -0.25) is 15.2 Å². The van der Waals surface area contributed by atoms with E-state index >= 15 is 0 Å². The van der Waals surface area contributed by atoms with Crippen LogP contribution in [0.25, 0.3) is 17.0 Å². The van der Waals surface area contributed by atoms with Crippen molar-refractivity contribution >= 4 is 40.4 Å². The number of aromatic amines is 1. The lowest BCUT2D eigenvalue weighted by atomic mass is 10.1. The number of benzene rings is 2. The Balaban J connectivity index is 1.28. The molecule has 1 amide bonds. The number of H-pyrrole nitrogens is 1. The minimum Gasteiger partial charge on any atom is -0.461 e. The number of nitrogens with one attached hydrogen (secondary N) is 2. The summed E-state index contributed by atoms with van der Waals surface area (Å²) in [7, 11) is 0. The maximum Gasteiger partial charge on any atom is 0.243 e. The summed E-state index contributed by atoms with van der Waals surface area (Å²) >= 11 is 12.5. The molecule has 0 radical (unpaired) electrons. The molecule has 0 aliphatic rings. The van der Waals surface area contributed by atoms with Crippen molar-refractivity contribution in [3.8, 4) is 17.3 Å². The zero-order valence-electron chi connectivity index (χ0n) is 24.6. The van der Waals surface area contributed by atoms with Crippen molar-refractivity contribution in [1.29, 1.82) is 0 Å². The van der Waals surface area contributed by atoms with Gasteiger partial charge in [-0.1, -0.05) is 106 Å². The number of anilines is 1. The van der Waals surface area contributed by atoms with Gasteiger partial charge in [-0.25, -0.2) is 4.52 Å². The Kier molecular flexibility index (Phi) is 12.5. The number of carbonyl (C=O) groups excluding carboxylic acids is 1. The van der Waals surface area contributed by atoms with Crippen molar-refractivity contribution < 1.29 is 9.53 Å². The molecule has 0 bridgehead atoms. The topological polar surface area (TPSA) is 87.6 Å². The third-order valence-electron chi connectivity index (χ3n) is 7.42. The third-order valence-corrected chi connectivity index (χ3v) is 8.01. The summed E-state index contributed by atoms with van der Waals surface area (Å²) < 4.78 is 7.55. The standard InChI is InChI=1S/C32H42Cl2N6O2/c1-3-4-5-6-7-8-9-10-11-15-22-39(27-16-13-12-14-17-27)32(41)24(2)35-23-42-31-28(34)30-37-36-29(40(30)38-31)25-18-20-26(33)21-19-25/h12-14,16-21,24,35,38H,3-11,15,22-23H2,1-2H3. The van der Waals surface area contributed by atoms with Gasteiger partial charge in [0, 0.05) is 22.8 Å². The van der Waals surface area contributed by atoms with Crippen LogP contribution >= 0.6 is 23.2 Å². The first-order valence-corrected chi connectivity index (χ1v) is 15.9. The second-order valence-electron chi connectivity index (χ2n) is 10.7. The predicted octanol–water partition coefficient (Wildman–Crippen LogP) is 8.30. The number of unbranched alkanes of at least 4 members (excludes halogenated alkanes) is 9. The summed E-state index contributed by atoms with van der Waals surface area (Å²) in [6.45, 7) is 4.88. The van der Waals surface area contributed by atoms with Gasteiger partial charge >= 0.3 is 0 Å². The molecule has 0 fully saturated rings. The molecule has 2 aromatic carbocycles. The van der Waals surface area contributed by atoms with E-state index in [4.69, 9.17) is 27.9 Å². The highest BCUT2D eigenvalue weighted by Crippen LogP contribution is 2.30. The molecule has 2 N–H and O–H groups in total. The summed E-state index contributed by atoms with van der Waals surface area (Å²) in [6, 6.07) is 16.7. The average molecular weight is 614 g/mol. The summed E-state index contributed by atoms with van der Waals surface area (Å²) in [5.41, 5.74) is 2.19. The number of hydrogen-bond acceptors (Lipinski definition) is 5. The summed E-state index contributed by atoms with van der Waals surface area (Å²) in [5, 5.41) is 15.7. The zero-order valence-corrected chi connectivity index (χ0v) is 26.1. The average Bonchev–Trinajstić information content (AvgIpc) is 3.56. The van der Waals surface area contributed by atoms with Crippen LogP contribution in [0, 0.1) is 0 Å². The van der Waals surface area contributed by atoms with Crippen molar-refractivity contribution in [1.82, 2.24) is 25.1 Å². The van der Waals surface area contributed by atoms with E-state index in [0.29, 0.717) is 33.9 Å². The van der Waals surface area contributed by atoms with Crippen molar-refractivity contribution in [2.45, 2.75) is 84.1 Å². The van der Waals surface area contributed by atoms with Gasteiger partial charge in [-0.05, 0) is 49.7 Å². The molecule has 4 rings (SSSR count). The number of para-hydroxylation sites is 1. The lowest BCUT2D eigenvalue weighted by Gasteiger charge is -2.26. The van der Waals surface area contributed by atoms with E-state index in [9.17, 15) is 4.79 Å². The molecule has 2 heterocycles. The summed E-state index contributed by atoms with van der Waals surface area (Å²) in [4.78, 5) is 15.4. The number of hydrogen-bond donors (Lipinski definition) is 2. The number of fused-ring (bicyclic) bond motifs is 1. The Labute approximate surface area is 258 Å². The van der Waals surface area contributed by atoms with Crippen molar-refractivity contribution in [2.75, 3.05) is 18.2 Å². The second kappa shape index (κ2) is 16.5. The number of amides is 1. The van der Waals surface area contributed by atoms with Crippen LogP contribution in [0.3, 0.4) is 0 Å². The van der Waals surface area contributed by atoms with Crippen LogP contribution < -0.4 is 15.0 Å². The fourth-order valence-corrected chi connectivity index (χ4v) is 5.30. The Morgan fingerprint density at radius 1 is 0.929 bits per heavy atom. The number of halogens is 2. The fourth-order valence-electron chi connectivity index (χ4n) is 4.96. The molecule has 10 heteroatoms. The molecule has 1 unspecified atom stereocenters. The normalized spacial score (nSPS) is 12.1. The molecular formula is C32H42Cl2N6O2. The van der Waals surface area contributed by atoms with E-state index in [1.165, 1.54) is 51.4 Å². The van der Waals surface area contributed by atoms with Crippen LogP contribution in [0.2, 0.25) is 10.0 Å². The van der Waals surface area contributed by atoms with Gasteiger partial charge in [0.05, 0.1) is 6.04 Å². The molecule has 4 aromatic rings. The monoisotopic (exact) mass is 612 g/mol. The van der Waals surface area contributed by atoms with Crippen LogP contribution in [0.4, 0.5) is 5.69 Å². The molecule has 0 aliphatic carbocycles. The van der Waals surface area contributed by atoms with Crippen molar-refractivity contribution in [2.24, 2.45) is 0 Å². The van der Waals surface area contributed by atoms with Gasteiger partial charge in [0.15, 0.2) is 11.5 Å². The highest BCUT2D eigenvalue weighted by molar-refractivity contribution is 6.34. The molecule has 0 saturated heterocycles. The van der Waals surface area contributed by atoms with Crippen LogP contribution in [-0.2, 0) is 4.79 Å². The van der Waals surface area contributed by atoms with Gasteiger partial charge < -0.3 is 9.64 Å². The van der Waals surface area contributed by atoms with Crippen LogP contribution in [0.1, 0.15) is 78.1 Å². The number of carbonyl (C=O) groups is 1. The number of rotatable bonds is 18. The van der Waals surface area contributed by atoms with Crippen molar-refractivity contribution in [3.63, 3.8) is 0 Å². The number of aromatic nitrogens is 4. The van der Waals surface area contributed by atoms with Gasteiger partial charge in [-0.2, -0.15) is 0 Å². The van der Waals surface area contributed by atoms with Gasteiger partial charge in [0.25, 0.3) is 0 Å². The maximum absolute atomic E-state index is 13.5. The molecule has 1 atom stereocenters. The first-order chi connectivity index (χ1) is 20.5. The minimum absolute atomic E-state index is 0.00216. The first kappa shape index (κ1) is 31.9. The smallest absolute Gasteiger partial charge is 0.243 e. The maximum atomic E-state index is 13.5. The number of nitrogens with zero attached hydrogens (tertiary/aromatic N) is 4. The molecule has 2 aromatic heterocycles. The Morgan fingerprint density at radius 2 is 1.57 bits per heavy atom. The van der Waals surface area contributed by atoms with Crippen molar-refractivity contribution in [3.05, 3.63) is 64.6 Å². The Hall–Kier alpha value is -3.07. The van der Waals surface area contributed by atoms with Gasteiger partial charge in [-0.15, -0.1) is 10.2 Å². The van der Waals surface area contributed by atoms with Crippen LogP contribution in [-0.4, -0.2) is 45.0 Å². The SMILES string of the molecule is CCCCCCCCCCCCN(C(=O)C(C)NCOc1[nH]n2c(-c3ccc(Cl)cc3)nnc2c1Cl)c1ccccc1. The quantitative estimate of drug-likeness (QED) is 0.0871. The first-order valence-electron chi connectivity index (χ1n) is 15.1. The number of ether oxygens (including phenoxy) is 1. The Bertz CT molecular complexity index is 1370. The molecule has 42 heavy (non-hydrogen) atoms. The van der Waals surface area contributed by atoms with E-state index in [-0.39, 0.29) is 12.6 Å².